The molecule has 0 saturated carbocycles. The second-order valence-corrected chi connectivity index (χ2v) is 13.4. The lowest BCUT2D eigenvalue weighted by Crippen LogP contribution is -2.54. The van der Waals surface area contributed by atoms with Gasteiger partial charge in [0.1, 0.15) is 22.0 Å². The van der Waals surface area contributed by atoms with Crippen molar-refractivity contribution in [3.63, 3.8) is 0 Å². The van der Waals surface area contributed by atoms with Crippen molar-refractivity contribution >= 4 is 32.7 Å². The summed E-state index contributed by atoms with van der Waals surface area (Å²) in [7, 11) is -2.31. The number of hydrogen-bond acceptors (Lipinski definition) is 6. The SMILES string of the molecule is COCCCCn1c(C(=O)N(C(C)C)C2CCCN(C(=O)OC(C)(C)C)C2)c(S(C)(=O)=O)c2cc(F)ccc21. The fraction of sp³-hybridized carbons (Fsp3) is 0.643. The van der Waals surface area contributed by atoms with Gasteiger partial charge in [-0.05, 0) is 78.5 Å². The molecule has 3 rings (SSSR count). The van der Waals surface area contributed by atoms with Gasteiger partial charge < -0.3 is 23.8 Å². The number of carbonyl (C=O) groups excluding carboxylic acids is 2. The first-order valence-electron chi connectivity index (χ1n) is 13.5. The Morgan fingerprint density at radius 2 is 1.90 bits per heavy atom. The van der Waals surface area contributed by atoms with Gasteiger partial charge >= 0.3 is 6.09 Å². The van der Waals surface area contributed by atoms with Gasteiger partial charge in [0.25, 0.3) is 5.91 Å². The van der Waals surface area contributed by atoms with Crippen LogP contribution in [-0.2, 0) is 25.9 Å². The fourth-order valence-electron chi connectivity index (χ4n) is 5.25. The van der Waals surface area contributed by atoms with Crippen LogP contribution >= 0.6 is 0 Å². The highest BCUT2D eigenvalue weighted by Crippen LogP contribution is 2.34. The number of fused-ring (bicyclic) bond motifs is 1. The maximum atomic E-state index is 14.4. The quantitative estimate of drug-likeness (QED) is 0.402. The molecule has 1 fully saturated rings. The molecule has 0 aliphatic carbocycles. The van der Waals surface area contributed by atoms with Gasteiger partial charge in [-0.15, -0.1) is 0 Å². The third kappa shape index (κ3) is 7.30. The van der Waals surface area contributed by atoms with Gasteiger partial charge in [0.15, 0.2) is 9.84 Å². The Hall–Kier alpha value is -2.66. The molecule has 1 unspecified atom stereocenters. The van der Waals surface area contributed by atoms with E-state index < -0.39 is 33.3 Å². The molecule has 0 bridgehead atoms. The van der Waals surface area contributed by atoms with Crippen molar-refractivity contribution < 1.29 is 31.9 Å². The van der Waals surface area contributed by atoms with Crippen molar-refractivity contribution in [1.29, 1.82) is 0 Å². The van der Waals surface area contributed by atoms with Gasteiger partial charge in [0.05, 0.1) is 11.6 Å². The van der Waals surface area contributed by atoms with Gasteiger partial charge in [0, 0.05) is 51.0 Å². The molecular formula is C28H42FN3O6S. The number of hydrogen-bond donors (Lipinski definition) is 0. The Bertz CT molecular complexity index is 1300. The van der Waals surface area contributed by atoms with Crippen LogP contribution in [0.1, 0.15) is 70.8 Å². The van der Waals surface area contributed by atoms with Crippen molar-refractivity contribution in [3.05, 3.63) is 29.7 Å². The maximum Gasteiger partial charge on any atom is 0.410 e. The Morgan fingerprint density at radius 3 is 2.49 bits per heavy atom. The van der Waals surface area contributed by atoms with Crippen LogP contribution in [0, 0.1) is 5.82 Å². The molecule has 39 heavy (non-hydrogen) atoms. The number of sulfone groups is 1. The highest BCUT2D eigenvalue weighted by Gasteiger charge is 2.38. The molecule has 11 heteroatoms. The number of methoxy groups -OCH3 is 1. The molecule has 0 N–H and O–H groups in total. The summed E-state index contributed by atoms with van der Waals surface area (Å²) in [6, 6.07) is 3.34. The number of amides is 2. The van der Waals surface area contributed by atoms with E-state index in [1.165, 1.54) is 18.2 Å². The van der Waals surface area contributed by atoms with E-state index in [2.05, 4.69) is 0 Å². The van der Waals surface area contributed by atoms with E-state index in [1.807, 2.05) is 13.8 Å². The molecule has 218 valence electrons. The minimum absolute atomic E-state index is 0.0265. The smallest absolute Gasteiger partial charge is 0.410 e. The average Bonchev–Trinajstić information content (AvgIpc) is 3.14. The number of piperidine rings is 1. The molecule has 2 heterocycles. The maximum absolute atomic E-state index is 14.4. The molecule has 1 aliphatic rings. The van der Waals surface area contributed by atoms with E-state index in [9.17, 15) is 22.4 Å². The normalized spacial score (nSPS) is 16.6. The van der Waals surface area contributed by atoms with E-state index in [1.54, 1.807) is 42.2 Å². The summed E-state index contributed by atoms with van der Waals surface area (Å²) < 4.78 is 53.0. The van der Waals surface area contributed by atoms with Crippen LogP contribution in [0.5, 0.6) is 0 Å². The van der Waals surface area contributed by atoms with E-state index >= 15 is 0 Å². The lowest BCUT2D eigenvalue weighted by molar-refractivity contribution is 0.00726. The Labute approximate surface area is 231 Å². The number of likely N-dealkylation sites (tertiary alicyclic amines) is 1. The monoisotopic (exact) mass is 567 g/mol. The molecule has 1 atom stereocenters. The summed E-state index contributed by atoms with van der Waals surface area (Å²) in [5.41, 5.74) is -0.139. The number of halogens is 1. The van der Waals surface area contributed by atoms with Crippen molar-refractivity contribution in [2.75, 3.05) is 33.1 Å². The topological polar surface area (TPSA) is 98.2 Å². The molecule has 0 spiro atoms. The van der Waals surface area contributed by atoms with Gasteiger partial charge in [0.2, 0.25) is 0 Å². The number of aryl methyl sites for hydroxylation is 1. The zero-order chi connectivity index (χ0) is 29.1. The van der Waals surface area contributed by atoms with Crippen LogP contribution < -0.4 is 0 Å². The predicted molar refractivity (Wildman–Crippen MR) is 148 cm³/mol. The number of ether oxygens (including phenoxy) is 2. The summed E-state index contributed by atoms with van der Waals surface area (Å²) in [6.45, 7) is 10.8. The van der Waals surface area contributed by atoms with Crippen LogP contribution in [0.15, 0.2) is 23.1 Å². The highest BCUT2D eigenvalue weighted by molar-refractivity contribution is 7.91. The van der Waals surface area contributed by atoms with Gasteiger partial charge in [-0.1, -0.05) is 0 Å². The van der Waals surface area contributed by atoms with E-state index in [-0.39, 0.29) is 34.6 Å². The number of nitrogens with zero attached hydrogens (tertiary/aromatic N) is 3. The third-order valence-electron chi connectivity index (χ3n) is 6.77. The lowest BCUT2D eigenvalue weighted by atomic mass is 10.0. The predicted octanol–water partition coefficient (Wildman–Crippen LogP) is 4.86. The molecule has 2 aromatic rings. The molecule has 1 aromatic carbocycles. The van der Waals surface area contributed by atoms with E-state index in [0.29, 0.717) is 50.9 Å². The van der Waals surface area contributed by atoms with Gasteiger partial charge in [-0.25, -0.2) is 17.6 Å². The number of unbranched alkanes of at least 4 members (excludes halogenated alkanes) is 1. The minimum Gasteiger partial charge on any atom is -0.444 e. The zero-order valence-electron chi connectivity index (χ0n) is 24.1. The second-order valence-electron chi connectivity index (χ2n) is 11.5. The van der Waals surface area contributed by atoms with Crippen molar-refractivity contribution in [2.45, 2.75) is 89.4 Å². The molecule has 9 nitrogen and oxygen atoms in total. The largest absolute Gasteiger partial charge is 0.444 e. The first kappa shape index (κ1) is 30.9. The van der Waals surface area contributed by atoms with Crippen LogP contribution in [-0.4, -0.2) is 85.5 Å². The van der Waals surface area contributed by atoms with Crippen molar-refractivity contribution in [3.8, 4) is 0 Å². The molecule has 2 amide bonds. The van der Waals surface area contributed by atoms with Crippen LogP contribution in [0.3, 0.4) is 0 Å². The Balaban J connectivity index is 2.10. The van der Waals surface area contributed by atoms with Crippen LogP contribution in [0.4, 0.5) is 9.18 Å². The molecule has 1 aliphatic heterocycles. The number of carbonyl (C=O) groups is 2. The van der Waals surface area contributed by atoms with Gasteiger partial charge in [-0.3, -0.25) is 4.79 Å². The summed E-state index contributed by atoms with van der Waals surface area (Å²) in [6.07, 6.45) is 3.27. The first-order chi connectivity index (χ1) is 18.2. The molecule has 1 saturated heterocycles. The third-order valence-corrected chi connectivity index (χ3v) is 7.92. The number of benzene rings is 1. The van der Waals surface area contributed by atoms with Crippen LogP contribution in [0.25, 0.3) is 10.9 Å². The molecule has 0 radical (unpaired) electrons. The fourth-order valence-corrected chi connectivity index (χ4v) is 6.36. The van der Waals surface area contributed by atoms with E-state index in [0.717, 1.165) is 6.26 Å². The highest BCUT2D eigenvalue weighted by atomic mass is 32.2. The summed E-state index contributed by atoms with van der Waals surface area (Å²) >= 11 is 0. The van der Waals surface area contributed by atoms with E-state index in [4.69, 9.17) is 9.47 Å². The summed E-state index contributed by atoms with van der Waals surface area (Å²) in [5.74, 6) is -1.03. The van der Waals surface area contributed by atoms with Crippen molar-refractivity contribution in [1.82, 2.24) is 14.4 Å². The van der Waals surface area contributed by atoms with Crippen LogP contribution in [0.2, 0.25) is 0 Å². The standard InChI is InChI=1S/C28H42FN3O6S/c1-19(2)32(21-11-10-14-30(18-21)27(34)38-28(3,4)5)26(33)24-25(39(7,35)36)22-17-20(29)12-13-23(22)31(24)15-8-9-16-37-6/h12-13,17,19,21H,8-11,14-16,18H2,1-7H3. The Kier molecular flexibility index (Phi) is 9.69. The molecule has 1 aromatic heterocycles. The number of rotatable bonds is 9. The summed E-state index contributed by atoms with van der Waals surface area (Å²) in [4.78, 5) is 30.3. The number of aromatic nitrogens is 1. The average molecular weight is 568 g/mol. The first-order valence-corrected chi connectivity index (χ1v) is 15.4. The second kappa shape index (κ2) is 12.2. The lowest BCUT2D eigenvalue weighted by Gasteiger charge is -2.41. The Morgan fingerprint density at radius 1 is 1.21 bits per heavy atom. The summed E-state index contributed by atoms with van der Waals surface area (Å²) in [5, 5.41) is 0.190. The minimum atomic E-state index is -3.91. The zero-order valence-corrected chi connectivity index (χ0v) is 24.9. The molecular weight excluding hydrogens is 525 g/mol. The van der Waals surface area contributed by atoms with Gasteiger partial charge in [-0.2, -0.15) is 0 Å². The van der Waals surface area contributed by atoms with Crippen molar-refractivity contribution in [2.24, 2.45) is 0 Å².